The van der Waals surface area contributed by atoms with E-state index in [2.05, 4.69) is 114 Å². The molecule has 0 unspecified atom stereocenters. The molecule has 3 nitrogen and oxygen atoms in total. The number of hydrogen-bond acceptors (Lipinski definition) is 3. The van der Waals surface area contributed by atoms with Crippen molar-refractivity contribution in [2.24, 2.45) is 0 Å². The molecule has 0 bridgehead atoms. The summed E-state index contributed by atoms with van der Waals surface area (Å²) in [4.78, 5) is 0. The van der Waals surface area contributed by atoms with Crippen LogP contribution in [0.1, 0.15) is 5.56 Å². The Hall–Kier alpha value is -4.12. The Bertz CT molecular complexity index is 1610. The highest BCUT2D eigenvalue weighted by Gasteiger charge is 2.16. The molecule has 0 spiro atoms. The van der Waals surface area contributed by atoms with Crippen molar-refractivity contribution in [3.63, 3.8) is 0 Å². The van der Waals surface area contributed by atoms with Crippen LogP contribution in [-0.2, 0) is 6.54 Å². The summed E-state index contributed by atoms with van der Waals surface area (Å²) >= 11 is 0. The van der Waals surface area contributed by atoms with Crippen LogP contribution in [0.5, 0.6) is 0 Å². The van der Waals surface area contributed by atoms with Gasteiger partial charge in [-0.3, -0.25) is 5.32 Å². The molecule has 174 valence electrons. The van der Waals surface area contributed by atoms with Crippen molar-refractivity contribution in [1.82, 2.24) is 5.32 Å². The molecule has 5 aromatic carbocycles. The normalized spacial score (nSPS) is 11.2. The smallest absolute Gasteiger partial charge is 0.159 e. The average Bonchev–Trinajstić information content (AvgIpc) is 3.31. The van der Waals surface area contributed by atoms with Crippen molar-refractivity contribution >= 4 is 47.5 Å². The van der Waals surface area contributed by atoms with Crippen LogP contribution < -0.4 is 21.0 Å². The van der Waals surface area contributed by atoms with E-state index in [0.717, 1.165) is 39.7 Å². The van der Waals surface area contributed by atoms with Gasteiger partial charge in [0.05, 0.1) is 12.4 Å². The van der Waals surface area contributed by atoms with Gasteiger partial charge in [-0.15, -0.1) is 0 Å². The van der Waals surface area contributed by atoms with Crippen molar-refractivity contribution in [3.8, 4) is 11.1 Å². The van der Waals surface area contributed by atoms with Gasteiger partial charge in [0.25, 0.3) is 0 Å². The monoisotopic (exact) mass is 482 g/mol. The minimum absolute atomic E-state index is 0.617. The highest BCUT2D eigenvalue weighted by molar-refractivity contribution is 6.67. The first-order chi connectivity index (χ1) is 17.8. The van der Waals surface area contributed by atoms with Crippen LogP contribution in [-0.4, -0.2) is 16.2 Å². The van der Waals surface area contributed by atoms with Gasteiger partial charge in [-0.05, 0) is 23.3 Å². The van der Waals surface area contributed by atoms with Crippen LogP contribution in [0, 0.1) is 0 Å². The van der Waals surface area contributed by atoms with E-state index in [-0.39, 0.29) is 0 Å². The first kappa shape index (κ1) is 22.3. The summed E-state index contributed by atoms with van der Waals surface area (Å²) < 4.78 is 6.40. The van der Waals surface area contributed by atoms with Crippen LogP contribution >= 0.6 is 0 Å². The average molecular weight is 483 g/mol. The van der Waals surface area contributed by atoms with Gasteiger partial charge in [-0.2, -0.15) is 0 Å². The van der Waals surface area contributed by atoms with Crippen LogP contribution in [0.2, 0.25) is 0 Å². The van der Waals surface area contributed by atoms with E-state index >= 15 is 0 Å². The molecule has 0 atom stereocenters. The van der Waals surface area contributed by atoms with E-state index in [0.29, 0.717) is 16.2 Å². The summed E-state index contributed by atoms with van der Waals surface area (Å²) in [6.07, 6.45) is 0. The summed E-state index contributed by atoms with van der Waals surface area (Å²) in [5.41, 5.74) is 6.41. The lowest BCUT2D eigenvalue weighted by atomic mass is 10.0. The minimum Gasteiger partial charge on any atom is -0.454 e. The Balaban J connectivity index is 1.36. The van der Waals surface area contributed by atoms with Crippen LogP contribution in [0.15, 0.2) is 126 Å². The summed E-state index contributed by atoms with van der Waals surface area (Å²) in [6, 6.07) is 42.6. The fourth-order valence-corrected chi connectivity index (χ4v) is 5.71. The van der Waals surface area contributed by atoms with Crippen molar-refractivity contribution < 1.29 is 4.42 Å². The maximum atomic E-state index is 6.40. The Morgan fingerprint density at radius 1 is 0.639 bits per heavy atom. The number of nitrogens with one attached hydrogen (secondary N) is 2. The zero-order valence-electron chi connectivity index (χ0n) is 19.9. The van der Waals surface area contributed by atoms with Gasteiger partial charge >= 0.3 is 0 Å². The molecule has 6 rings (SSSR count). The Labute approximate surface area is 213 Å². The summed E-state index contributed by atoms with van der Waals surface area (Å²) in [5, 5.41) is 12.1. The van der Waals surface area contributed by atoms with Gasteiger partial charge in [0.1, 0.15) is 15.1 Å². The molecule has 1 aromatic heterocycles. The molecule has 0 aliphatic rings. The maximum absolute atomic E-state index is 6.40. The molecule has 0 saturated heterocycles. The second kappa shape index (κ2) is 10.2. The third kappa shape index (κ3) is 4.69. The van der Waals surface area contributed by atoms with Gasteiger partial charge in [0.15, 0.2) is 5.58 Å². The lowest BCUT2D eigenvalue weighted by molar-refractivity contribution is 0.668. The minimum atomic E-state index is 0.617. The fraction of sp³-hybridized carbons (Fsp3) is 0.0625. The largest absolute Gasteiger partial charge is 0.454 e. The van der Waals surface area contributed by atoms with Crippen LogP contribution in [0.4, 0.5) is 5.69 Å². The lowest BCUT2D eigenvalue weighted by Crippen LogP contribution is -2.26. The molecule has 0 amide bonds. The van der Waals surface area contributed by atoms with Gasteiger partial charge in [-0.1, -0.05) is 120 Å². The van der Waals surface area contributed by atoms with Gasteiger partial charge < -0.3 is 9.73 Å². The Kier molecular flexibility index (Phi) is 6.36. The van der Waals surface area contributed by atoms with E-state index in [1.54, 1.807) is 0 Å². The molecule has 4 heteroatoms. The van der Waals surface area contributed by atoms with Crippen molar-refractivity contribution in [1.29, 1.82) is 0 Å². The number of benzene rings is 5. The molecule has 0 saturated carbocycles. The van der Waals surface area contributed by atoms with E-state index < -0.39 is 0 Å². The van der Waals surface area contributed by atoms with Crippen LogP contribution in [0.3, 0.4) is 0 Å². The zero-order valence-corrected chi connectivity index (χ0v) is 20.9. The second-order valence-corrected chi connectivity index (χ2v) is 10.2. The number of fused-ring (bicyclic) bond motifs is 3. The van der Waals surface area contributed by atoms with Crippen molar-refractivity contribution in [2.75, 3.05) is 12.0 Å². The maximum Gasteiger partial charge on any atom is 0.159 e. The first-order valence-corrected chi connectivity index (χ1v) is 13.2. The van der Waals surface area contributed by atoms with E-state index in [4.69, 9.17) is 4.42 Å². The van der Waals surface area contributed by atoms with E-state index in [9.17, 15) is 0 Å². The first-order valence-electron chi connectivity index (χ1n) is 12.2. The Morgan fingerprint density at radius 3 is 2.25 bits per heavy atom. The quantitative estimate of drug-likeness (QED) is 0.157. The van der Waals surface area contributed by atoms with Crippen LogP contribution in [0.25, 0.3) is 33.1 Å². The predicted octanol–water partition coefficient (Wildman–Crippen LogP) is 6.07. The standard InChI is InChI=1S/C32H26N2OSi/c1-3-10-23(11-4-1)21-33-22-34-31-27(18-19-29-28-16-7-8-17-30(28)35-32(29)31)24-12-9-15-26(20-24)36-25-13-5-2-6-14-25/h1-20,33-34H,21-22H2. The molecule has 36 heavy (non-hydrogen) atoms. The number of furan rings is 1. The van der Waals surface area contributed by atoms with Gasteiger partial charge in [-0.25, -0.2) is 0 Å². The zero-order chi connectivity index (χ0) is 24.2. The predicted molar refractivity (Wildman–Crippen MR) is 152 cm³/mol. The molecule has 2 N–H and O–H groups in total. The third-order valence-electron chi connectivity index (χ3n) is 6.35. The summed E-state index contributed by atoms with van der Waals surface area (Å²) in [7, 11) is 0.617. The third-order valence-corrected chi connectivity index (χ3v) is 7.57. The lowest BCUT2D eigenvalue weighted by Gasteiger charge is -2.15. The summed E-state index contributed by atoms with van der Waals surface area (Å²) in [5.74, 6) is 0. The SMILES string of the molecule is c1ccc(CNCNc2c(-c3cccc([Si]c4ccccc4)c3)ccc3c2oc2ccccc23)cc1. The molecule has 0 aliphatic carbocycles. The number of anilines is 1. The molecule has 2 radical (unpaired) electrons. The van der Waals surface area contributed by atoms with Crippen molar-refractivity contribution in [2.45, 2.75) is 6.54 Å². The molecular formula is C32H26N2OSi. The van der Waals surface area contributed by atoms with Gasteiger partial charge in [0.2, 0.25) is 0 Å². The Morgan fingerprint density at radius 2 is 1.39 bits per heavy atom. The number of rotatable bonds is 8. The summed E-state index contributed by atoms with van der Waals surface area (Å²) in [6.45, 7) is 1.43. The van der Waals surface area contributed by atoms with E-state index in [1.165, 1.54) is 21.5 Å². The topological polar surface area (TPSA) is 37.2 Å². The van der Waals surface area contributed by atoms with Gasteiger partial charge in [0, 0.05) is 22.9 Å². The molecule has 0 fully saturated rings. The highest BCUT2D eigenvalue weighted by Crippen LogP contribution is 2.39. The highest BCUT2D eigenvalue weighted by atomic mass is 28.2. The molecular weight excluding hydrogens is 456 g/mol. The fourth-order valence-electron chi connectivity index (χ4n) is 4.61. The number of hydrogen-bond donors (Lipinski definition) is 2. The molecule has 0 aliphatic heterocycles. The second-order valence-electron chi connectivity index (χ2n) is 8.80. The molecule has 1 heterocycles. The number of para-hydroxylation sites is 1. The van der Waals surface area contributed by atoms with Crippen molar-refractivity contribution in [3.05, 3.63) is 127 Å². The van der Waals surface area contributed by atoms with E-state index in [1.807, 2.05) is 18.2 Å². The molecule has 6 aromatic rings.